The van der Waals surface area contributed by atoms with E-state index in [1.165, 1.54) is 32.4 Å². The molecule has 0 N–H and O–H groups in total. The number of benzene rings is 2. The van der Waals surface area contributed by atoms with E-state index in [1.54, 1.807) is 0 Å². The minimum absolute atomic E-state index is 0.103. The standard InChI is InChI=1S/C12H8Br3F3O5.C12H11F3O5/c1-20-11(19)5-6(13)8(15)10-9(7(5)14)21-2-4(23-10)3-22-12(16,17)18;1-17-11(16)7-2-3-9-10(4-7)18-5-8(20-9)6-19-12(13,14)15/h4H,2-3H2,1H3;2-4,8H,5-6H2,1H3. The first-order valence-electron chi connectivity index (χ1n) is 11.6. The van der Waals surface area contributed by atoms with Gasteiger partial charge in [0.05, 0.1) is 52.0 Å². The number of esters is 2. The maximum Gasteiger partial charge on any atom is 0.522 e. The largest absolute Gasteiger partial charge is 0.522 e. The van der Waals surface area contributed by atoms with Crippen LogP contribution in [0, 0.1) is 0 Å². The van der Waals surface area contributed by atoms with Gasteiger partial charge in [-0.15, -0.1) is 26.3 Å². The second kappa shape index (κ2) is 14.5. The number of carbonyl (C=O) groups excluding carboxylic acids is 2. The third-order valence-electron chi connectivity index (χ3n) is 5.27. The molecule has 238 valence electrons. The number of carbonyl (C=O) groups is 2. The Morgan fingerprint density at radius 1 is 0.767 bits per heavy atom. The summed E-state index contributed by atoms with van der Waals surface area (Å²) in [4.78, 5) is 23.1. The molecule has 0 radical (unpaired) electrons. The molecular weight excluding hydrogens is 802 g/mol. The van der Waals surface area contributed by atoms with Crippen LogP contribution in [0.1, 0.15) is 20.7 Å². The third kappa shape index (κ3) is 9.50. The molecule has 2 aliphatic heterocycles. The summed E-state index contributed by atoms with van der Waals surface area (Å²) in [5.41, 5.74) is 0.423. The van der Waals surface area contributed by atoms with Gasteiger partial charge in [-0.2, -0.15) is 0 Å². The molecule has 0 amide bonds. The minimum atomic E-state index is -4.75. The highest BCUT2D eigenvalue weighted by Gasteiger charge is 2.36. The molecule has 0 bridgehead atoms. The van der Waals surface area contributed by atoms with Crippen LogP contribution in [0.5, 0.6) is 23.0 Å². The van der Waals surface area contributed by atoms with Gasteiger partial charge < -0.3 is 28.4 Å². The van der Waals surface area contributed by atoms with Gasteiger partial charge in [-0.25, -0.2) is 9.59 Å². The van der Waals surface area contributed by atoms with Gasteiger partial charge in [-0.05, 0) is 66.0 Å². The van der Waals surface area contributed by atoms with Crippen LogP contribution >= 0.6 is 47.8 Å². The summed E-state index contributed by atoms with van der Waals surface area (Å²) in [5.74, 6) is -0.310. The number of rotatable bonds is 6. The first-order chi connectivity index (χ1) is 20.0. The van der Waals surface area contributed by atoms with Gasteiger partial charge in [0.25, 0.3) is 0 Å². The van der Waals surface area contributed by atoms with E-state index in [4.69, 9.17) is 18.9 Å². The predicted octanol–water partition coefficient (Wildman–Crippen LogP) is 6.59. The molecular formula is C24H19Br3F6O10. The molecule has 0 fully saturated rings. The monoisotopic (exact) mass is 818 g/mol. The van der Waals surface area contributed by atoms with Crippen LogP contribution in [-0.4, -0.2) is 77.5 Å². The molecule has 2 unspecified atom stereocenters. The highest BCUT2D eigenvalue weighted by atomic mass is 79.9. The molecule has 2 aliphatic rings. The Morgan fingerprint density at radius 2 is 1.33 bits per heavy atom. The highest BCUT2D eigenvalue weighted by Crippen LogP contribution is 2.50. The molecule has 4 rings (SSSR count). The van der Waals surface area contributed by atoms with Crippen LogP contribution in [0.25, 0.3) is 0 Å². The van der Waals surface area contributed by atoms with E-state index in [2.05, 4.69) is 66.7 Å². The lowest BCUT2D eigenvalue weighted by atomic mass is 10.2. The summed E-state index contributed by atoms with van der Waals surface area (Å²) in [7, 11) is 2.46. The second-order valence-electron chi connectivity index (χ2n) is 8.24. The van der Waals surface area contributed by atoms with Crippen molar-refractivity contribution in [3.05, 3.63) is 42.7 Å². The predicted molar refractivity (Wildman–Crippen MR) is 142 cm³/mol. The fourth-order valence-corrected chi connectivity index (χ4v) is 5.34. The lowest BCUT2D eigenvalue weighted by Crippen LogP contribution is -2.36. The van der Waals surface area contributed by atoms with Crippen molar-refractivity contribution in [1.82, 2.24) is 0 Å². The van der Waals surface area contributed by atoms with Gasteiger partial charge in [0, 0.05) is 0 Å². The molecule has 0 saturated heterocycles. The summed E-state index contributed by atoms with van der Waals surface area (Å²) >= 11 is 9.66. The lowest BCUT2D eigenvalue weighted by Gasteiger charge is -2.29. The van der Waals surface area contributed by atoms with Gasteiger partial charge in [0.2, 0.25) is 0 Å². The number of alkyl halides is 6. The topological polar surface area (TPSA) is 108 Å². The van der Waals surface area contributed by atoms with E-state index in [-0.39, 0.29) is 51.8 Å². The number of hydrogen-bond acceptors (Lipinski definition) is 10. The van der Waals surface area contributed by atoms with Gasteiger partial charge in [0.1, 0.15) is 13.2 Å². The lowest BCUT2D eigenvalue weighted by molar-refractivity contribution is -0.331. The van der Waals surface area contributed by atoms with Gasteiger partial charge in [-0.1, -0.05) is 0 Å². The van der Waals surface area contributed by atoms with Crippen LogP contribution in [0.3, 0.4) is 0 Å². The van der Waals surface area contributed by atoms with Crippen LogP contribution in [0.2, 0.25) is 0 Å². The Hall–Kier alpha value is -2.48. The van der Waals surface area contributed by atoms with Crippen molar-refractivity contribution < 1.29 is 73.8 Å². The molecule has 2 heterocycles. The van der Waals surface area contributed by atoms with Crippen molar-refractivity contribution in [2.75, 3.05) is 40.6 Å². The molecule has 0 aromatic heterocycles. The summed E-state index contributed by atoms with van der Waals surface area (Å²) in [6, 6.07) is 4.27. The minimum Gasteiger partial charge on any atom is -0.486 e. The maximum atomic E-state index is 12.1. The quantitative estimate of drug-likeness (QED) is 0.180. The second-order valence-corrected chi connectivity index (χ2v) is 10.6. The first kappa shape index (κ1) is 35.0. The van der Waals surface area contributed by atoms with E-state index >= 15 is 0 Å². The van der Waals surface area contributed by atoms with E-state index in [0.29, 0.717) is 8.95 Å². The molecule has 0 aliphatic carbocycles. The van der Waals surface area contributed by atoms with Gasteiger partial charge >= 0.3 is 24.7 Å². The average molecular weight is 821 g/mol. The van der Waals surface area contributed by atoms with Crippen molar-refractivity contribution in [2.24, 2.45) is 0 Å². The van der Waals surface area contributed by atoms with Crippen molar-refractivity contribution >= 4 is 59.7 Å². The Labute approximate surface area is 264 Å². The summed E-state index contributed by atoms with van der Waals surface area (Å²) in [5, 5.41) is 0. The molecule has 10 nitrogen and oxygen atoms in total. The van der Waals surface area contributed by atoms with E-state index < -0.39 is 50.1 Å². The fourth-order valence-electron chi connectivity index (χ4n) is 3.41. The average Bonchev–Trinajstić information content (AvgIpc) is 2.96. The SMILES string of the molecule is COC(=O)c1c(Br)c(Br)c2c(c1Br)OCC(COC(F)(F)F)O2.COC(=O)c1ccc2c(c1)OCC(COC(F)(F)F)O2. The molecule has 2 aromatic carbocycles. The van der Waals surface area contributed by atoms with Crippen LogP contribution in [0.15, 0.2) is 31.6 Å². The zero-order valence-electron chi connectivity index (χ0n) is 21.7. The molecule has 2 aromatic rings. The molecule has 0 spiro atoms. The summed E-state index contributed by atoms with van der Waals surface area (Å²) in [6.07, 6.45) is -11.3. The molecule has 43 heavy (non-hydrogen) atoms. The number of hydrogen-bond donors (Lipinski definition) is 0. The molecule has 2 atom stereocenters. The van der Waals surface area contributed by atoms with Crippen LogP contribution < -0.4 is 18.9 Å². The Kier molecular flexibility index (Phi) is 11.8. The van der Waals surface area contributed by atoms with Crippen molar-refractivity contribution in [3.8, 4) is 23.0 Å². The Bertz CT molecular complexity index is 1340. The van der Waals surface area contributed by atoms with Gasteiger partial charge in [-0.3, -0.25) is 9.47 Å². The van der Waals surface area contributed by atoms with Crippen molar-refractivity contribution in [1.29, 1.82) is 0 Å². The van der Waals surface area contributed by atoms with E-state index in [0.717, 1.165) is 0 Å². The molecule has 0 saturated carbocycles. The fraction of sp³-hybridized carbons (Fsp3) is 0.417. The zero-order chi connectivity index (χ0) is 32.1. The highest BCUT2D eigenvalue weighted by molar-refractivity contribution is 9.13. The normalized spacial score (nSPS) is 17.4. The zero-order valence-corrected chi connectivity index (χ0v) is 26.5. The maximum absolute atomic E-state index is 12.1. The number of methoxy groups -OCH3 is 2. The van der Waals surface area contributed by atoms with E-state index in [1.807, 2.05) is 0 Å². The number of halogens is 9. The summed E-state index contributed by atoms with van der Waals surface area (Å²) < 4.78 is 111. The number of fused-ring (bicyclic) bond motifs is 2. The van der Waals surface area contributed by atoms with Gasteiger partial charge in [0.15, 0.2) is 35.2 Å². The first-order valence-corrected chi connectivity index (χ1v) is 13.9. The van der Waals surface area contributed by atoms with Crippen LogP contribution in [0.4, 0.5) is 26.3 Å². The number of ether oxygens (including phenoxy) is 8. The molecule has 19 heteroatoms. The van der Waals surface area contributed by atoms with Crippen molar-refractivity contribution in [2.45, 2.75) is 24.9 Å². The van der Waals surface area contributed by atoms with Crippen LogP contribution in [-0.2, 0) is 18.9 Å². The smallest absolute Gasteiger partial charge is 0.486 e. The Morgan fingerprint density at radius 3 is 1.88 bits per heavy atom. The van der Waals surface area contributed by atoms with Crippen molar-refractivity contribution in [3.63, 3.8) is 0 Å². The van der Waals surface area contributed by atoms with E-state index in [9.17, 15) is 35.9 Å². The third-order valence-corrected chi connectivity index (χ3v) is 8.11. The Balaban J connectivity index is 0.000000238. The summed E-state index contributed by atoms with van der Waals surface area (Å²) in [6.45, 7) is -1.66.